The molecule has 0 bridgehead atoms. The molecule has 0 saturated heterocycles. The van der Waals surface area contributed by atoms with Gasteiger partial charge in [-0.1, -0.05) is 13.8 Å². The molecule has 0 fully saturated rings. The highest BCUT2D eigenvalue weighted by Crippen LogP contribution is 2.20. The summed E-state index contributed by atoms with van der Waals surface area (Å²) in [5.74, 6) is 0. The predicted octanol–water partition coefficient (Wildman–Crippen LogP) is 0.950. The van der Waals surface area contributed by atoms with Crippen LogP contribution in [-0.4, -0.2) is 12.8 Å². The van der Waals surface area contributed by atoms with Gasteiger partial charge in [-0.15, -0.1) is 0 Å². The average Bonchev–Trinajstić information content (AvgIpc) is 1.95. The Kier molecular flexibility index (Phi) is 3.47. The lowest BCUT2D eigenvalue weighted by Gasteiger charge is -2.21. The van der Waals surface area contributed by atoms with Crippen molar-refractivity contribution in [3.05, 3.63) is 0 Å². The molecule has 2 N–H and O–H groups in total. The second-order valence-electron chi connectivity index (χ2n) is 2.39. The molecule has 0 rings (SSSR count). The number of carbonyl (C=O) groups is 1. The van der Waals surface area contributed by atoms with Gasteiger partial charge in [-0.05, 0) is 12.8 Å². The molecule has 0 aliphatic rings. The third-order valence-electron chi connectivity index (χ3n) is 2.06. The van der Waals surface area contributed by atoms with Crippen molar-refractivity contribution in [2.75, 3.05) is 6.54 Å². The Labute approximate surface area is 56.4 Å². The van der Waals surface area contributed by atoms with Gasteiger partial charge in [-0.2, -0.15) is 0 Å². The van der Waals surface area contributed by atoms with E-state index in [1.807, 2.05) is 13.8 Å². The molecule has 0 atom stereocenters. The molecule has 0 aromatic rings. The second-order valence-corrected chi connectivity index (χ2v) is 2.39. The van der Waals surface area contributed by atoms with Crippen LogP contribution in [0.15, 0.2) is 0 Å². The minimum absolute atomic E-state index is 0.236. The van der Waals surface area contributed by atoms with Gasteiger partial charge in [0, 0.05) is 12.0 Å². The Morgan fingerprint density at radius 1 is 1.44 bits per heavy atom. The number of aldehydes is 1. The molecule has 0 radical (unpaired) electrons. The van der Waals surface area contributed by atoms with E-state index in [1.54, 1.807) is 0 Å². The monoisotopic (exact) mass is 129 g/mol. The Morgan fingerprint density at radius 2 is 1.89 bits per heavy atom. The van der Waals surface area contributed by atoms with Gasteiger partial charge >= 0.3 is 0 Å². The minimum Gasteiger partial charge on any atom is -0.329 e. The number of hydrogen-bond acceptors (Lipinski definition) is 2. The van der Waals surface area contributed by atoms with Crippen molar-refractivity contribution in [3.63, 3.8) is 0 Å². The molecule has 9 heavy (non-hydrogen) atoms. The SMILES string of the molecule is CCC(C=O)(CC)CN. The third kappa shape index (κ3) is 1.79. The normalized spacial score (nSPS) is 11.4. The van der Waals surface area contributed by atoms with Crippen LogP contribution in [0.5, 0.6) is 0 Å². The molecule has 2 heteroatoms. The molecule has 0 saturated carbocycles. The van der Waals surface area contributed by atoms with Crippen LogP contribution in [-0.2, 0) is 4.79 Å². The Morgan fingerprint density at radius 3 is 1.89 bits per heavy atom. The number of nitrogens with two attached hydrogens (primary N) is 1. The standard InChI is InChI=1S/C7H15NO/c1-3-7(4-2,5-8)6-9/h6H,3-5,8H2,1-2H3. The van der Waals surface area contributed by atoms with Crippen LogP contribution in [0.4, 0.5) is 0 Å². The van der Waals surface area contributed by atoms with Crippen molar-refractivity contribution in [1.82, 2.24) is 0 Å². The number of rotatable bonds is 4. The van der Waals surface area contributed by atoms with Gasteiger partial charge in [0.1, 0.15) is 6.29 Å². The van der Waals surface area contributed by atoms with E-state index < -0.39 is 0 Å². The highest BCUT2D eigenvalue weighted by Gasteiger charge is 2.22. The predicted molar refractivity (Wildman–Crippen MR) is 38.1 cm³/mol. The summed E-state index contributed by atoms with van der Waals surface area (Å²) in [5.41, 5.74) is 5.17. The third-order valence-corrected chi connectivity index (χ3v) is 2.06. The summed E-state index contributed by atoms with van der Waals surface area (Å²) >= 11 is 0. The van der Waals surface area contributed by atoms with Crippen LogP contribution in [0.3, 0.4) is 0 Å². The van der Waals surface area contributed by atoms with Gasteiger partial charge in [0.2, 0.25) is 0 Å². The summed E-state index contributed by atoms with van der Waals surface area (Å²) in [5, 5.41) is 0. The van der Waals surface area contributed by atoms with Crippen LogP contribution < -0.4 is 5.73 Å². The molecule has 0 aliphatic carbocycles. The van der Waals surface area contributed by atoms with Crippen molar-refractivity contribution in [3.8, 4) is 0 Å². The highest BCUT2D eigenvalue weighted by atomic mass is 16.1. The Balaban J connectivity index is 3.98. The van der Waals surface area contributed by atoms with Crippen molar-refractivity contribution < 1.29 is 4.79 Å². The van der Waals surface area contributed by atoms with Crippen LogP contribution in [0.1, 0.15) is 26.7 Å². The van der Waals surface area contributed by atoms with Gasteiger partial charge in [0.25, 0.3) is 0 Å². The summed E-state index contributed by atoms with van der Waals surface area (Å²) in [7, 11) is 0. The van der Waals surface area contributed by atoms with E-state index in [0.29, 0.717) is 6.54 Å². The number of hydrogen-bond donors (Lipinski definition) is 1. The molecule has 2 nitrogen and oxygen atoms in total. The van der Waals surface area contributed by atoms with E-state index in [1.165, 1.54) is 0 Å². The molecule has 0 amide bonds. The quantitative estimate of drug-likeness (QED) is 0.574. The summed E-state index contributed by atoms with van der Waals surface area (Å²) in [4.78, 5) is 10.4. The number of carbonyl (C=O) groups excluding carboxylic acids is 1. The smallest absolute Gasteiger partial charge is 0.127 e. The van der Waals surface area contributed by atoms with Crippen LogP contribution in [0.2, 0.25) is 0 Å². The van der Waals surface area contributed by atoms with Crippen molar-refractivity contribution in [1.29, 1.82) is 0 Å². The average molecular weight is 129 g/mol. The molecular weight excluding hydrogens is 114 g/mol. The lowest BCUT2D eigenvalue weighted by atomic mass is 9.84. The maximum atomic E-state index is 10.4. The van der Waals surface area contributed by atoms with E-state index in [0.717, 1.165) is 19.1 Å². The summed E-state index contributed by atoms with van der Waals surface area (Å²) < 4.78 is 0. The fraction of sp³-hybridized carbons (Fsp3) is 0.857. The van der Waals surface area contributed by atoms with Gasteiger partial charge in [-0.3, -0.25) is 0 Å². The Bertz CT molecular complexity index is 78.7. The topological polar surface area (TPSA) is 43.1 Å². The molecular formula is C7H15NO. The van der Waals surface area contributed by atoms with Crippen molar-refractivity contribution in [2.24, 2.45) is 11.1 Å². The van der Waals surface area contributed by atoms with Gasteiger partial charge in [0.05, 0.1) is 0 Å². The van der Waals surface area contributed by atoms with Crippen molar-refractivity contribution in [2.45, 2.75) is 26.7 Å². The van der Waals surface area contributed by atoms with E-state index in [2.05, 4.69) is 0 Å². The first-order valence-corrected chi connectivity index (χ1v) is 3.41. The van der Waals surface area contributed by atoms with Crippen molar-refractivity contribution >= 4 is 6.29 Å². The lowest BCUT2D eigenvalue weighted by Crippen LogP contribution is -2.30. The molecule has 0 heterocycles. The molecule has 0 unspecified atom stereocenters. The van der Waals surface area contributed by atoms with Crippen LogP contribution in [0.25, 0.3) is 0 Å². The van der Waals surface area contributed by atoms with Gasteiger partial charge in [0.15, 0.2) is 0 Å². The lowest BCUT2D eigenvalue weighted by molar-refractivity contribution is -0.116. The molecule has 0 aromatic carbocycles. The van der Waals surface area contributed by atoms with E-state index in [-0.39, 0.29) is 5.41 Å². The zero-order valence-electron chi connectivity index (χ0n) is 6.18. The highest BCUT2D eigenvalue weighted by molar-refractivity contribution is 5.59. The van der Waals surface area contributed by atoms with Gasteiger partial charge < -0.3 is 10.5 Å². The minimum atomic E-state index is -0.236. The van der Waals surface area contributed by atoms with E-state index in [4.69, 9.17) is 5.73 Å². The van der Waals surface area contributed by atoms with E-state index >= 15 is 0 Å². The van der Waals surface area contributed by atoms with Crippen LogP contribution >= 0.6 is 0 Å². The first-order valence-electron chi connectivity index (χ1n) is 3.41. The van der Waals surface area contributed by atoms with Crippen LogP contribution in [0, 0.1) is 5.41 Å². The molecule has 54 valence electrons. The summed E-state index contributed by atoms with van der Waals surface area (Å²) in [6, 6.07) is 0. The maximum absolute atomic E-state index is 10.4. The first-order chi connectivity index (χ1) is 4.24. The first kappa shape index (κ1) is 8.63. The second kappa shape index (κ2) is 3.62. The molecule has 0 aromatic heterocycles. The molecule has 0 aliphatic heterocycles. The van der Waals surface area contributed by atoms with Gasteiger partial charge in [-0.25, -0.2) is 0 Å². The zero-order valence-corrected chi connectivity index (χ0v) is 6.18. The zero-order chi connectivity index (χ0) is 7.33. The summed E-state index contributed by atoms with van der Waals surface area (Å²) in [6.07, 6.45) is 2.68. The molecule has 0 spiro atoms. The largest absolute Gasteiger partial charge is 0.329 e. The Hall–Kier alpha value is -0.370. The van der Waals surface area contributed by atoms with E-state index in [9.17, 15) is 4.79 Å². The fourth-order valence-electron chi connectivity index (χ4n) is 0.753. The summed E-state index contributed by atoms with van der Waals surface area (Å²) in [6.45, 7) is 4.46. The fourth-order valence-corrected chi connectivity index (χ4v) is 0.753. The maximum Gasteiger partial charge on any atom is 0.127 e.